The normalized spacial score (nSPS) is 11.4. The standard InChI is InChI=1S/C18H13Cl2NO2/c19-14-7-5-13(16(20)9-14)11-21-10-12(6-8-18(22)23)15-3-1-2-4-17(15)21/h1-10H,11H2,(H,22,23)/b8-6+. The third kappa shape index (κ3) is 3.41. The molecule has 3 nitrogen and oxygen atoms in total. The van der Waals surface area contributed by atoms with Gasteiger partial charge in [0.15, 0.2) is 0 Å². The summed E-state index contributed by atoms with van der Waals surface area (Å²) in [6.07, 6.45) is 4.67. The van der Waals surface area contributed by atoms with Crippen molar-refractivity contribution in [3.05, 3.63) is 75.9 Å². The lowest BCUT2D eigenvalue weighted by molar-refractivity contribution is -0.131. The zero-order valence-corrected chi connectivity index (χ0v) is 13.6. The number of nitrogens with zero attached hydrogens (tertiary/aromatic N) is 1. The van der Waals surface area contributed by atoms with E-state index in [4.69, 9.17) is 28.3 Å². The van der Waals surface area contributed by atoms with Gasteiger partial charge in [0.05, 0.1) is 0 Å². The molecule has 0 aliphatic heterocycles. The molecule has 0 amide bonds. The van der Waals surface area contributed by atoms with Crippen molar-refractivity contribution in [2.75, 3.05) is 0 Å². The Morgan fingerprint density at radius 1 is 1.17 bits per heavy atom. The van der Waals surface area contributed by atoms with Crippen molar-refractivity contribution in [2.24, 2.45) is 0 Å². The second kappa shape index (κ2) is 6.49. The van der Waals surface area contributed by atoms with Crippen LogP contribution in [0.4, 0.5) is 0 Å². The number of rotatable bonds is 4. The van der Waals surface area contributed by atoms with Crippen LogP contribution in [0.5, 0.6) is 0 Å². The Bertz CT molecular complexity index is 913. The first-order valence-corrected chi connectivity index (χ1v) is 7.73. The summed E-state index contributed by atoms with van der Waals surface area (Å²) >= 11 is 12.2. The monoisotopic (exact) mass is 345 g/mol. The Hall–Kier alpha value is -2.23. The summed E-state index contributed by atoms with van der Waals surface area (Å²) < 4.78 is 2.05. The van der Waals surface area contributed by atoms with E-state index in [1.54, 1.807) is 18.2 Å². The molecule has 0 saturated carbocycles. The molecule has 0 atom stereocenters. The van der Waals surface area contributed by atoms with Crippen LogP contribution in [-0.2, 0) is 11.3 Å². The van der Waals surface area contributed by atoms with Crippen molar-refractivity contribution in [1.29, 1.82) is 0 Å². The summed E-state index contributed by atoms with van der Waals surface area (Å²) in [4.78, 5) is 10.8. The Balaban J connectivity index is 2.05. The van der Waals surface area contributed by atoms with Crippen LogP contribution in [0.1, 0.15) is 11.1 Å². The van der Waals surface area contributed by atoms with Gasteiger partial charge in [0.25, 0.3) is 0 Å². The van der Waals surface area contributed by atoms with E-state index in [1.807, 2.05) is 41.1 Å². The fourth-order valence-electron chi connectivity index (χ4n) is 2.53. The van der Waals surface area contributed by atoms with Gasteiger partial charge >= 0.3 is 5.97 Å². The largest absolute Gasteiger partial charge is 0.478 e. The van der Waals surface area contributed by atoms with Gasteiger partial charge in [0.2, 0.25) is 0 Å². The van der Waals surface area contributed by atoms with Crippen LogP contribution in [0.25, 0.3) is 17.0 Å². The number of carbonyl (C=O) groups is 1. The second-order valence-corrected chi connectivity index (χ2v) is 5.98. The molecule has 1 N–H and O–H groups in total. The maximum Gasteiger partial charge on any atom is 0.328 e. The second-order valence-electron chi connectivity index (χ2n) is 5.14. The molecule has 0 unspecified atom stereocenters. The molecule has 3 rings (SSSR count). The van der Waals surface area contributed by atoms with Crippen molar-refractivity contribution < 1.29 is 9.90 Å². The minimum atomic E-state index is -0.970. The van der Waals surface area contributed by atoms with Gasteiger partial charge in [-0.1, -0.05) is 47.5 Å². The van der Waals surface area contributed by atoms with Gasteiger partial charge in [-0.3, -0.25) is 0 Å². The molecular formula is C18H13Cl2NO2. The van der Waals surface area contributed by atoms with E-state index >= 15 is 0 Å². The maximum absolute atomic E-state index is 10.8. The lowest BCUT2D eigenvalue weighted by atomic mass is 10.1. The Kier molecular flexibility index (Phi) is 4.42. The molecule has 1 heterocycles. The van der Waals surface area contributed by atoms with Crippen molar-refractivity contribution in [2.45, 2.75) is 6.54 Å². The van der Waals surface area contributed by atoms with Crippen LogP contribution in [0, 0.1) is 0 Å². The van der Waals surface area contributed by atoms with Crippen molar-refractivity contribution in [3.63, 3.8) is 0 Å². The highest BCUT2D eigenvalue weighted by Gasteiger charge is 2.09. The van der Waals surface area contributed by atoms with Gasteiger partial charge in [0, 0.05) is 45.3 Å². The quantitative estimate of drug-likeness (QED) is 0.668. The molecule has 2 aromatic carbocycles. The molecule has 3 aromatic rings. The first kappa shape index (κ1) is 15.7. The molecule has 0 spiro atoms. The Morgan fingerprint density at radius 3 is 2.70 bits per heavy atom. The lowest BCUT2D eigenvalue weighted by Gasteiger charge is -2.08. The summed E-state index contributed by atoms with van der Waals surface area (Å²) in [6, 6.07) is 13.3. The predicted octanol–water partition coefficient (Wildman–Crippen LogP) is 5.09. The topological polar surface area (TPSA) is 42.2 Å². The molecule has 0 aliphatic rings. The fourth-order valence-corrected chi connectivity index (χ4v) is 3.00. The minimum absolute atomic E-state index is 0.581. The molecule has 116 valence electrons. The smallest absolute Gasteiger partial charge is 0.328 e. The number of carboxylic acid groups (broad SMARTS) is 1. The third-order valence-electron chi connectivity index (χ3n) is 3.58. The Labute approximate surface area is 143 Å². The number of halogens is 2. The van der Waals surface area contributed by atoms with Gasteiger partial charge in [-0.25, -0.2) is 4.79 Å². The van der Waals surface area contributed by atoms with E-state index in [0.717, 1.165) is 28.1 Å². The zero-order valence-electron chi connectivity index (χ0n) is 12.0. The zero-order chi connectivity index (χ0) is 16.4. The summed E-state index contributed by atoms with van der Waals surface area (Å²) in [5.74, 6) is -0.970. The van der Waals surface area contributed by atoms with Crippen LogP contribution in [0.2, 0.25) is 10.0 Å². The number of para-hydroxylation sites is 1. The predicted molar refractivity (Wildman–Crippen MR) is 94.2 cm³/mol. The maximum atomic E-state index is 10.8. The van der Waals surface area contributed by atoms with Crippen molar-refractivity contribution in [3.8, 4) is 0 Å². The number of aromatic nitrogens is 1. The van der Waals surface area contributed by atoms with E-state index in [1.165, 1.54) is 0 Å². The number of benzene rings is 2. The van der Waals surface area contributed by atoms with Gasteiger partial charge in [-0.05, 0) is 29.8 Å². The highest BCUT2D eigenvalue weighted by molar-refractivity contribution is 6.35. The number of hydrogen-bond donors (Lipinski definition) is 1. The minimum Gasteiger partial charge on any atom is -0.478 e. The van der Waals surface area contributed by atoms with Crippen LogP contribution in [0.3, 0.4) is 0 Å². The van der Waals surface area contributed by atoms with Crippen LogP contribution in [0.15, 0.2) is 54.7 Å². The molecule has 0 saturated heterocycles. The van der Waals surface area contributed by atoms with Crippen LogP contribution in [-0.4, -0.2) is 15.6 Å². The molecule has 0 radical (unpaired) electrons. The van der Waals surface area contributed by atoms with Gasteiger partial charge in [0.1, 0.15) is 0 Å². The number of carboxylic acids is 1. The van der Waals surface area contributed by atoms with E-state index in [0.29, 0.717) is 16.6 Å². The molecule has 5 heteroatoms. The molecule has 0 fully saturated rings. The molecular weight excluding hydrogens is 333 g/mol. The van der Waals surface area contributed by atoms with Gasteiger partial charge in [-0.2, -0.15) is 0 Å². The average molecular weight is 346 g/mol. The van der Waals surface area contributed by atoms with Crippen LogP contribution < -0.4 is 0 Å². The number of aliphatic carboxylic acids is 1. The van der Waals surface area contributed by atoms with E-state index in [9.17, 15) is 4.79 Å². The van der Waals surface area contributed by atoms with Crippen molar-refractivity contribution >= 4 is 46.2 Å². The van der Waals surface area contributed by atoms with Gasteiger partial charge in [-0.15, -0.1) is 0 Å². The third-order valence-corrected chi connectivity index (χ3v) is 4.17. The first-order chi connectivity index (χ1) is 11.0. The first-order valence-electron chi connectivity index (χ1n) is 6.97. The number of fused-ring (bicyclic) bond motifs is 1. The molecule has 0 aliphatic carbocycles. The van der Waals surface area contributed by atoms with Crippen molar-refractivity contribution in [1.82, 2.24) is 4.57 Å². The number of hydrogen-bond acceptors (Lipinski definition) is 1. The molecule has 1 aromatic heterocycles. The highest BCUT2D eigenvalue weighted by atomic mass is 35.5. The molecule has 0 bridgehead atoms. The summed E-state index contributed by atoms with van der Waals surface area (Å²) in [5.41, 5.74) is 2.82. The lowest BCUT2D eigenvalue weighted by Crippen LogP contribution is -1.98. The SMILES string of the molecule is O=C(O)/C=C/c1cn(Cc2ccc(Cl)cc2Cl)c2ccccc12. The van der Waals surface area contributed by atoms with E-state index in [-0.39, 0.29) is 0 Å². The summed E-state index contributed by atoms with van der Waals surface area (Å²) in [6.45, 7) is 0.581. The summed E-state index contributed by atoms with van der Waals surface area (Å²) in [5, 5.41) is 11.0. The van der Waals surface area contributed by atoms with E-state index < -0.39 is 5.97 Å². The average Bonchev–Trinajstić information content (AvgIpc) is 2.86. The van der Waals surface area contributed by atoms with E-state index in [2.05, 4.69) is 0 Å². The Morgan fingerprint density at radius 2 is 1.96 bits per heavy atom. The summed E-state index contributed by atoms with van der Waals surface area (Å²) in [7, 11) is 0. The molecule has 23 heavy (non-hydrogen) atoms. The highest BCUT2D eigenvalue weighted by Crippen LogP contribution is 2.26. The van der Waals surface area contributed by atoms with Crippen LogP contribution >= 0.6 is 23.2 Å². The fraction of sp³-hybridized carbons (Fsp3) is 0.0556. The van der Waals surface area contributed by atoms with Gasteiger partial charge < -0.3 is 9.67 Å².